The molecule has 4 rings (SSSR count). The first-order valence-corrected chi connectivity index (χ1v) is 10.4. The summed E-state index contributed by atoms with van der Waals surface area (Å²) in [5.74, 6) is 1.23. The first-order chi connectivity index (χ1) is 14.2. The fraction of sp³-hybridized carbons (Fsp3) is 0.391. The number of para-hydroxylation sites is 3. The molecule has 0 radical (unpaired) electrons. The summed E-state index contributed by atoms with van der Waals surface area (Å²) in [6.07, 6.45) is 0.682. The Morgan fingerprint density at radius 1 is 1.17 bits per heavy atom. The van der Waals surface area contributed by atoms with E-state index in [4.69, 9.17) is 9.72 Å². The lowest BCUT2D eigenvalue weighted by Crippen LogP contribution is -2.33. The molecule has 1 aromatic heterocycles. The molecular formula is C23H28N4O2. The van der Waals surface area contributed by atoms with Crippen molar-refractivity contribution < 1.29 is 9.53 Å². The molecule has 152 valence electrons. The van der Waals surface area contributed by atoms with E-state index in [-0.39, 0.29) is 11.8 Å². The Bertz CT molecular complexity index is 993. The van der Waals surface area contributed by atoms with Gasteiger partial charge in [0.1, 0.15) is 12.4 Å². The van der Waals surface area contributed by atoms with Crippen LogP contribution in [0.25, 0.3) is 11.0 Å². The van der Waals surface area contributed by atoms with E-state index in [0.29, 0.717) is 19.0 Å². The van der Waals surface area contributed by atoms with Crippen molar-refractivity contribution in [1.82, 2.24) is 14.5 Å². The molecule has 29 heavy (non-hydrogen) atoms. The molecule has 0 bridgehead atoms. The van der Waals surface area contributed by atoms with Crippen LogP contribution in [0, 0.1) is 5.92 Å². The van der Waals surface area contributed by atoms with E-state index in [0.717, 1.165) is 48.5 Å². The summed E-state index contributed by atoms with van der Waals surface area (Å²) in [6.45, 7) is 8.42. The highest BCUT2D eigenvalue weighted by molar-refractivity contribution is 5.93. The molecule has 1 N–H and O–H groups in total. The predicted molar refractivity (Wildman–Crippen MR) is 115 cm³/mol. The van der Waals surface area contributed by atoms with Gasteiger partial charge >= 0.3 is 0 Å². The van der Waals surface area contributed by atoms with Crippen LogP contribution >= 0.6 is 0 Å². The molecular weight excluding hydrogens is 364 g/mol. The zero-order chi connectivity index (χ0) is 20.2. The van der Waals surface area contributed by atoms with Gasteiger partial charge in [-0.2, -0.15) is 0 Å². The second kappa shape index (κ2) is 8.66. The van der Waals surface area contributed by atoms with Crippen molar-refractivity contribution >= 4 is 22.9 Å². The van der Waals surface area contributed by atoms with Gasteiger partial charge in [0.15, 0.2) is 0 Å². The lowest BCUT2D eigenvalue weighted by Gasteiger charge is -2.24. The number of carbonyl (C=O) groups excluding carboxylic acids is 1. The van der Waals surface area contributed by atoms with Crippen molar-refractivity contribution in [2.75, 3.05) is 31.6 Å². The number of ether oxygens (including phenoxy) is 1. The summed E-state index contributed by atoms with van der Waals surface area (Å²) in [7, 11) is 0. The Morgan fingerprint density at radius 3 is 2.76 bits per heavy atom. The molecule has 1 amide bonds. The summed E-state index contributed by atoms with van der Waals surface area (Å²) in [4.78, 5) is 20.1. The standard InChI is InChI=1S/C23H28N4O2/c1-3-26(4-2)13-14-27-20-11-7-6-10-19(20)24-23(27)25-22(28)18-15-17-9-5-8-12-21(17)29-16-18/h5-12,18H,3-4,13-16H2,1-2H3,(H,24,25,28)/t18-/m0/s1. The summed E-state index contributed by atoms with van der Waals surface area (Å²) in [5, 5.41) is 3.07. The van der Waals surface area contributed by atoms with Gasteiger partial charge in [0, 0.05) is 13.1 Å². The van der Waals surface area contributed by atoms with Gasteiger partial charge in [-0.05, 0) is 43.3 Å². The van der Waals surface area contributed by atoms with Crippen molar-refractivity contribution in [3.8, 4) is 5.75 Å². The maximum atomic E-state index is 13.0. The Morgan fingerprint density at radius 2 is 1.93 bits per heavy atom. The minimum absolute atomic E-state index is 0.0427. The number of aromatic nitrogens is 2. The summed E-state index contributed by atoms with van der Waals surface area (Å²) >= 11 is 0. The minimum Gasteiger partial charge on any atom is -0.492 e. The third-order valence-electron chi connectivity index (χ3n) is 5.67. The third kappa shape index (κ3) is 4.12. The van der Waals surface area contributed by atoms with Gasteiger partial charge in [0.25, 0.3) is 0 Å². The van der Waals surface area contributed by atoms with E-state index < -0.39 is 0 Å². The van der Waals surface area contributed by atoms with Crippen LogP contribution in [-0.2, 0) is 17.8 Å². The zero-order valence-electron chi connectivity index (χ0n) is 17.1. The van der Waals surface area contributed by atoms with Crippen LogP contribution in [0.2, 0.25) is 0 Å². The van der Waals surface area contributed by atoms with Crippen molar-refractivity contribution in [1.29, 1.82) is 0 Å². The number of anilines is 1. The van der Waals surface area contributed by atoms with E-state index in [9.17, 15) is 4.79 Å². The normalized spacial score (nSPS) is 15.9. The number of fused-ring (bicyclic) bond motifs is 2. The van der Waals surface area contributed by atoms with Gasteiger partial charge in [0.2, 0.25) is 11.9 Å². The van der Waals surface area contributed by atoms with Gasteiger partial charge in [-0.15, -0.1) is 0 Å². The Labute approximate surface area is 171 Å². The molecule has 0 aliphatic carbocycles. The smallest absolute Gasteiger partial charge is 0.233 e. The van der Waals surface area contributed by atoms with Gasteiger partial charge in [-0.1, -0.05) is 44.2 Å². The van der Waals surface area contributed by atoms with Crippen LogP contribution < -0.4 is 10.1 Å². The molecule has 1 atom stereocenters. The number of carbonyl (C=O) groups is 1. The van der Waals surface area contributed by atoms with Crippen LogP contribution in [-0.4, -0.2) is 46.6 Å². The molecule has 0 saturated carbocycles. The molecule has 0 unspecified atom stereocenters. The quantitative estimate of drug-likeness (QED) is 0.668. The number of nitrogens with one attached hydrogen (secondary N) is 1. The molecule has 2 aromatic carbocycles. The fourth-order valence-corrected chi connectivity index (χ4v) is 3.89. The topological polar surface area (TPSA) is 59.4 Å². The first-order valence-electron chi connectivity index (χ1n) is 10.4. The predicted octanol–water partition coefficient (Wildman–Crippen LogP) is 3.57. The van der Waals surface area contributed by atoms with E-state index in [1.807, 2.05) is 42.5 Å². The summed E-state index contributed by atoms with van der Waals surface area (Å²) in [5.41, 5.74) is 3.02. The van der Waals surface area contributed by atoms with Crippen LogP contribution in [0.15, 0.2) is 48.5 Å². The number of nitrogens with zero attached hydrogens (tertiary/aromatic N) is 3. The molecule has 0 saturated heterocycles. The third-order valence-corrected chi connectivity index (χ3v) is 5.67. The Balaban J connectivity index is 1.54. The number of imidazole rings is 1. The second-order valence-corrected chi connectivity index (χ2v) is 7.41. The highest BCUT2D eigenvalue weighted by Crippen LogP contribution is 2.28. The second-order valence-electron chi connectivity index (χ2n) is 7.41. The average molecular weight is 393 g/mol. The number of amides is 1. The number of hydrogen-bond acceptors (Lipinski definition) is 4. The lowest BCUT2D eigenvalue weighted by molar-refractivity contribution is -0.121. The van der Waals surface area contributed by atoms with Crippen LogP contribution in [0.3, 0.4) is 0 Å². The summed E-state index contributed by atoms with van der Waals surface area (Å²) in [6, 6.07) is 15.9. The minimum atomic E-state index is -0.221. The molecule has 6 nitrogen and oxygen atoms in total. The van der Waals surface area contributed by atoms with Gasteiger partial charge < -0.3 is 14.2 Å². The number of rotatable bonds is 7. The lowest BCUT2D eigenvalue weighted by atomic mass is 9.96. The molecule has 0 fully saturated rings. The van der Waals surface area contributed by atoms with E-state index >= 15 is 0 Å². The van der Waals surface area contributed by atoms with E-state index in [2.05, 4.69) is 34.7 Å². The van der Waals surface area contributed by atoms with Crippen LogP contribution in [0.4, 0.5) is 5.95 Å². The molecule has 0 spiro atoms. The van der Waals surface area contributed by atoms with Gasteiger partial charge in [0.05, 0.1) is 17.0 Å². The van der Waals surface area contributed by atoms with Gasteiger partial charge in [-0.25, -0.2) is 4.98 Å². The largest absolute Gasteiger partial charge is 0.492 e. The maximum Gasteiger partial charge on any atom is 0.233 e. The maximum absolute atomic E-state index is 13.0. The van der Waals surface area contributed by atoms with Crippen LogP contribution in [0.1, 0.15) is 19.4 Å². The zero-order valence-corrected chi connectivity index (χ0v) is 17.1. The first kappa shape index (κ1) is 19.5. The summed E-state index contributed by atoms with van der Waals surface area (Å²) < 4.78 is 7.91. The fourth-order valence-electron chi connectivity index (χ4n) is 3.89. The number of likely N-dealkylation sites (N-methyl/N-ethyl adjacent to an activating group) is 1. The van der Waals surface area contributed by atoms with E-state index in [1.165, 1.54) is 0 Å². The van der Waals surface area contributed by atoms with Crippen molar-refractivity contribution in [3.05, 3.63) is 54.1 Å². The number of benzene rings is 2. The monoisotopic (exact) mass is 392 g/mol. The highest BCUT2D eigenvalue weighted by Gasteiger charge is 2.27. The molecule has 2 heterocycles. The van der Waals surface area contributed by atoms with E-state index in [1.54, 1.807) is 0 Å². The molecule has 3 aromatic rings. The molecule has 6 heteroatoms. The van der Waals surface area contributed by atoms with Gasteiger partial charge in [-0.3, -0.25) is 10.1 Å². The van der Waals surface area contributed by atoms with Crippen LogP contribution in [0.5, 0.6) is 5.75 Å². The number of hydrogen-bond donors (Lipinski definition) is 1. The van der Waals surface area contributed by atoms with Crippen molar-refractivity contribution in [3.63, 3.8) is 0 Å². The average Bonchev–Trinajstić information content (AvgIpc) is 3.11. The highest BCUT2D eigenvalue weighted by atomic mass is 16.5. The van der Waals surface area contributed by atoms with Crippen molar-refractivity contribution in [2.45, 2.75) is 26.8 Å². The van der Waals surface area contributed by atoms with Crippen molar-refractivity contribution in [2.24, 2.45) is 5.92 Å². The SMILES string of the molecule is CCN(CC)CCn1c(NC(=O)[C@@H]2COc3ccccc3C2)nc2ccccc21. The molecule has 1 aliphatic rings. The Kier molecular flexibility index (Phi) is 5.81. The Hall–Kier alpha value is -2.86. The molecule has 1 aliphatic heterocycles.